The zero-order valence-corrected chi connectivity index (χ0v) is 20.3. The summed E-state index contributed by atoms with van der Waals surface area (Å²) in [5.74, 6) is -0.934. The lowest BCUT2D eigenvalue weighted by Gasteiger charge is -2.37. The molecule has 0 heterocycles. The lowest BCUT2D eigenvalue weighted by Crippen LogP contribution is -2.41. The molecule has 6 heteroatoms. The lowest BCUT2D eigenvalue weighted by molar-refractivity contribution is -0.165. The van der Waals surface area contributed by atoms with E-state index >= 15 is 0 Å². The van der Waals surface area contributed by atoms with Crippen LogP contribution in [0.3, 0.4) is 0 Å². The molecule has 0 fully saturated rings. The summed E-state index contributed by atoms with van der Waals surface area (Å²) in [6.07, 6.45) is 2.66. The van der Waals surface area contributed by atoms with Gasteiger partial charge < -0.3 is 13.9 Å². The second-order valence-corrected chi connectivity index (χ2v) is 13.8. The van der Waals surface area contributed by atoms with E-state index < -0.39 is 31.8 Å². The predicted molar refractivity (Wildman–Crippen MR) is 118 cm³/mol. The SMILES string of the molecule is C/C=C/[C@@](C)(C(=O)OC)[C@@H](OC(C)=O)c1ccccc1CO[Si](C)(C)C(C)(C)C. The Balaban J connectivity index is 3.45. The average Bonchev–Trinajstić information content (AvgIpc) is 2.63. The van der Waals surface area contributed by atoms with Gasteiger partial charge in [-0.25, -0.2) is 0 Å². The van der Waals surface area contributed by atoms with Crippen LogP contribution in [0.1, 0.15) is 58.8 Å². The Bertz CT molecular complexity index is 748. The fourth-order valence-corrected chi connectivity index (χ4v) is 3.85. The Morgan fingerprint density at radius 3 is 2.21 bits per heavy atom. The molecule has 0 aliphatic rings. The van der Waals surface area contributed by atoms with Gasteiger partial charge in [0, 0.05) is 6.92 Å². The van der Waals surface area contributed by atoms with Gasteiger partial charge in [0.15, 0.2) is 8.32 Å². The number of allylic oxidation sites excluding steroid dienone is 1. The van der Waals surface area contributed by atoms with Gasteiger partial charge in [-0.05, 0) is 43.1 Å². The minimum atomic E-state index is -1.98. The molecule has 0 aliphatic carbocycles. The average molecular weight is 421 g/mol. The smallest absolute Gasteiger partial charge is 0.319 e. The van der Waals surface area contributed by atoms with Crippen LogP contribution >= 0.6 is 0 Å². The summed E-state index contributed by atoms with van der Waals surface area (Å²) in [5, 5.41) is 0.0721. The Morgan fingerprint density at radius 2 is 1.72 bits per heavy atom. The molecular formula is C23H36O5Si. The van der Waals surface area contributed by atoms with Crippen molar-refractivity contribution in [1.82, 2.24) is 0 Å². The van der Waals surface area contributed by atoms with Crippen molar-refractivity contribution in [2.24, 2.45) is 5.41 Å². The predicted octanol–water partition coefficient (Wildman–Crippen LogP) is 5.57. The van der Waals surface area contributed by atoms with Crippen LogP contribution in [0.15, 0.2) is 36.4 Å². The molecule has 0 unspecified atom stereocenters. The summed E-state index contributed by atoms with van der Waals surface area (Å²) in [7, 11) is -0.646. The van der Waals surface area contributed by atoms with E-state index in [2.05, 4.69) is 33.9 Å². The third kappa shape index (κ3) is 6.03. The first kappa shape index (κ1) is 25.1. The van der Waals surface area contributed by atoms with Gasteiger partial charge >= 0.3 is 11.9 Å². The normalized spacial score (nSPS) is 15.6. The molecule has 0 amide bonds. The summed E-state index contributed by atoms with van der Waals surface area (Å²) >= 11 is 0. The molecule has 0 aliphatic heterocycles. The largest absolute Gasteiger partial charge is 0.468 e. The number of benzene rings is 1. The zero-order valence-electron chi connectivity index (χ0n) is 19.3. The molecule has 0 radical (unpaired) electrons. The maximum Gasteiger partial charge on any atom is 0.319 e. The number of carbonyl (C=O) groups excluding carboxylic acids is 2. The second-order valence-electron chi connectivity index (χ2n) is 9.01. The molecule has 29 heavy (non-hydrogen) atoms. The van der Waals surface area contributed by atoms with Crippen molar-refractivity contribution in [1.29, 1.82) is 0 Å². The molecule has 0 saturated heterocycles. The van der Waals surface area contributed by atoms with E-state index in [0.717, 1.165) is 11.1 Å². The van der Waals surface area contributed by atoms with Crippen LogP contribution in [0.25, 0.3) is 0 Å². The van der Waals surface area contributed by atoms with Crippen molar-refractivity contribution in [3.8, 4) is 0 Å². The number of methoxy groups -OCH3 is 1. The minimum absolute atomic E-state index is 0.0721. The van der Waals surface area contributed by atoms with E-state index in [4.69, 9.17) is 13.9 Å². The summed E-state index contributed by atoms with van der Waals surface area (Å²) in [5.41, 5.74) is 0.470. The van der Waals surface area contributed by atoms with Crippen LogP contribution in [-0.4, -0.2) is 27.4 Å². The molecule has 0 N–H and O–H groups in total. The van der Waals surface area contributed by atoms with Gasteiger partial charge in [-0.2, -0.15) is 0 Å². The Kier molecular flexibility index (Phi) is 8.42. The van der Waals surface area contributed by atoms with Gasteiger partial charge in [-0.1, -0.05) is 57.2 Å². The first-order chi connectivity index (χ1) is 13.3. The third-order valence-electron chi connectivity index (χ3n) is 5.70. The number of ether oxygens (including phenoxy) is 2. The van der Waals surface area contributed by atoms with Crippen molar-refractivity contribution >= 4 is 20.3 Å². The Hall–Kier alpha value is -1.92. The first-order valence-corrected chi connectivity index (χ1v) is 12.8. The van der Waals surface area contributed by atoms with Crippen LogP contribution in [0.2, 0.25) is 18.1 Å². The molecule has 0 saturated carbocycles. The van der Waals surface area contributed by atoms with E-state index in [1.807, 2.05) is 31.2 Å². The molecule has 1 aromatic carbocycles. The monoisotopic (exact) mass is 420 g/mol. The summed E-state index contributed by atoms with van der Waals surface area (Å²) in [6, 6.07) is 7.62. The first-order valence-electron chi connectivity index (χ1n) is 9.91. The topological polar surface area (TPSA) is 61.8 Å². The van der Waals surface area contributed by atoms with Gasteiger partial charge in [0.25, 0.3) is 0 Å². The van der Waals surface area contributed by atoms with E-state index in [0.29, 0.717) is 6.61 Å². The van der Waals surface area contributed by atoms with Crippen molar-refractivity contribution in [2.45, 2.75) is 72.4 Å². The second kappa shape index (κ2) is 9.72. The summed E-state index contributed by atoms with van der Waals surface area (Å²) in [4.78, 5) is 24.6. The number of esters is 2. The molecule has 1 aromatic rings. The van der Waals surface area contributed by atoms with Crippen LogP contribution in [-0.2, 0) is 30.1 Å². The highest BCUT2D eigenvalue weighted by atomic mass is 28.4. The van der Waals surface area contributed by atoms with Crippen LogP contribution in [0.4, 0.5) is 0 Å². The summed E-state index contributed by atoms with van der Waals surface area (Å²) < 4.78 is 17.1. The highest BCUT2D eigenvalue weighted by molar-refractivity contribution is 6.74. The van der Waals surface area contributed by atoms with Gasteiger partial charge in [-0.3, -0.25) is 9.59 Å². The minimum Gasteiger partial charge on any atom is -0.468 e. The lowest BCUT2D eigenvalue weighted by atomic mass is 9.78. The van der Waals surface area contributed by atoms with Crippen LogP contribution < -0.4 is 0 Å². The zero-order chi connectivity index (χ0) is 22.5. The van der Waals surface area contributed by atoms with E-state index in [-0.39, 0.29) is 5.04 Å². The molecule has 0 aromatic heterocycles. The van der Waals surface area contributed by atoms with Crippen LogP contribution in [0.5, 0.6) is 0 Å². The van der Waals surface area contributed by atoms with E-state index in [9.17, 15) is 9.59 Å². The van der Waals surface area contributed by atoms with Crippen LogP contribution in [0, 0.1) is 5.41 Å². The van der Waals surface area contributed by atoms with Crippen molar-refractivity contribution in [2.75, 3.05) is 7.11 Å². The number of hydrogen-bond donors (Lipinski definition) is 0. The van der Waals surface area contributed by atoms with Crippen molar-refractivity contribution in [3.05, 3.63) is 47.5 Å². The van der Waals surface area contributed by atoms with Crippen molar-refractivity contribution < 1.29 is 23.5 Å². The molecule has 2 atom stereocenters. The maximum absolute atomic E-state index is 12.7. The number of rotatable bonds is 8. The highest BCUT2D eigenvalue weighted by Crippen LogP contribution is 2.42. The van der Waals surface area contributed by atoms with Gasteiger partial charge in [0.1, 0.15) is 11.5 Å². The Labute approximate surface area is 176 Å². The summed E-state index contributed by atoms with van der Waals surface area (Å²) in [6.45, 7) is 16.2. The highest BCUT2D eigenvalue weighted by Gasteiger charge is 2.45. The van der Waals surface area contributed by atoms with Gasteiger partial charge in [-0.15, -0.1) is 0 Å². The molecule has 162 valence electrons. The molecule has 1 rings (SSSR count). The molecule has 0 spiro atoms. The standard InChI is InChI=1S/C23H36O5Si/c1-10-15-23(6,21(25)26-7)20(28-17(2)24)19-14-12-11-13-18(19)16-27-29(8,9)22(3,4)5/h10-15,20H,16H2,1-9H3/b15-10+/t20-,23+/m0/s1. The maximum atomic E-state index is 12.7. The number of carbonyl (C=O) groups is 2. The third-order valence-corrected chi connectivity index (χ3v) is 10.2. The quantitative estimate of drug-likeness (QED) is 0.313. The molecule has 0 bridgehead atoms. The molecule has 5 nitrogen and oxygen atoms in total. The Morgan fingerprint density at radius 1 is 1.14 bits per heavy atom. The van der Waals surface area contributed by atoms with Gasteiger partial charge in [0.05, 0.1) is 13.7 Å². The van der Waals surface area contributed by atoms with Crippen molar-refractivity contribution in [3.63, 3.8) is 0 Å². The molecular weight excluding hydrogens is 384 g/mol. The number of hydrogen-bond acceptors (Lipinski definition) is 5. The van der Waals surface area contributed by atoms with E-state index in [1.165, 1.54) is 14.0 Å². The van der Waals surface area contributed by atoms with E-state index in [1.54, 1.807) is 19.1 Å². The fraction of sp³-hybridized carbons (Fsp3) is 0.565. The van der Waals surface area contributed by atoms with Gasteiger partial charge in [0.2, 0.25) is 0 Å². The fourth-order valence-electron chi connectivity index (χ4n) is 2.90.